The first-order valence-electron chi connectivity index (χ1n) is 11.8. The van der Waals surface area contributed by atoms with Gasteiger partial charge in [0.1, 0.15) is 23.0 Å². The summed E-state index contributed by atoms with van der Waals surface area (Å²) in [6.07, 6.45) is 1.49. The van der Waals surface area contributed by atoms with Crippen LogP contribution in [0.15, 0.2) is 102 Å². The first-order valence-corrected chi connectivity index (χ1v) is 13.3. The second kappa shape index (κ2) is 12.1. The number of fused-ring (bicyclic) bond motifs is 1. The average Bonchev–Trinajstić information content (AvgIpc) is 3.30. The minimum absolute atomic E-state index is 0.288. The zero-order chi connectivity index (χ0) is 27.2. The standard InChI is InChI=1S/C30H20Cl2N2O4S/c31-21-13-9-20(10-14-21)18-37-25-7-3-1-5-23(25)29(35)34-33-17-19-11-15-22(16-12-19)38-30(36)28-27(32)24-6-2-4-8-26(24)39-28/h1-17H,18H2,(H,34,35). The molecule has 5 aromatic rings. The van der Waals surface area contributed by atoms with Crippen molar-refractivity contribution in [3.63, 3.8) is 0 Å². The molecule has 194 valence electrons. The molecule has 0 unspecified atom stereocenters. The summed E-state index contributed by atoms with van der Waals surface area (Å²) >= 11 is 13.6. The lowest BCUT2D eigenvalue weighted by molar-refractivity contribution is 0.0739. The van der Waals surface area contributed by atoms with Gasteiger partial charge in [-0.1, -0.05) is 65.7 Å². The van der Waals surface area contributed by atoms with Gasteiger partial charge < -0.3 is 9.47 Å². The van der Waals surface area contributed by atoms with Gasteiger partial charge in [0.05, 0.1) is 16.8 Å². The van der Waals surface area contributed by atoms with Crippen LogP contribution in [-0.4, -0.2) is 18.1 Å². The third-order valence-electron chi connectivity index (χ3n) is 5.63. The Hall–Kier alpha value is -4.17. The average molecular weight is 575 g/mol. The minimum atomic E-state index is -0.521. The molecular weight excluding hydrogens is 555 g/mol. The maximum absolute atomic E-state index is 12.7. The summed E-state index contributed by atoms with van der Waals surface area (Å²) in [5.74, 6) is -0.137. The molecule has 0 atom stereocenters. The van der Waals surface area contributed by atoms with Gasteiger partial charge in [0.2, 0.25) is 0 Å². The summed E-state index contributed by atoms with van der Waals surface area (Å²) in [5.41, 5.74) is 4.49. The lowest BCUT2D eigenvalue weighted by Crippen LogP contribution is -2.18. The molecule has 1 heterocycles. The highest BCUT2D eigenvalue weighted by molar-refractivity contribution is 7.21. The second-order valence-electron chi connectivity index (χ2n) is 8.31. The van der Waals surface area contributed by atoms with E-state index < -0.39 is 11.9 Å². The number of amides is 1. The number of hydrogen-bond donors (Lipinski definition) is 1. The van der Waals surface area contributed by atoms with E-state index in [4.69, 9.17) is 32.7 Å². The van der Waals surface area contributed by atoms with E-state index in [9.17, 15) is 9.59 Å². The second-order valence-corrected chi connectivity index (χ2v) is 10.2. The molecule has 5 rings (SSSR count). The number of thiophene rings is 1. The van der Waals surface area contributed by atoms with E-state index in [1.54, 1.807) is 60.7 Å². The van der Waals surface area contributed by atoms with Gasteiger partial charge in [0, 0.05) is 15.1 Å². The fraction of sp³-hybridized carbons (Fsp3) is 0.0333. The normalized spacial score (nSPS) is 11.0. The third kappa shape index (κ3) is 6.46. The van der Waals surface area contributed by atoms with Gasteiger partial charge in [-0.3, -0.25) is 4.79 Å². The highest BCUT2D eigenvalue weighted by Gasteiger charge is 2.19. The van der Waals surface area contributed by atoms with Crippen LogP contribution < -0.4 is 14.9 Å². The molecule has 39 heavy (non-hydrogen) atoms. The zero-order valence-electron chi connectivity index (χ0n) is 20.3. The van der Waals surface area contributed by atoms with Crippen molar-refractivity contribution in [2.45, 2.75) is 6.61 Å². The number of nitrogens with zero attached hydrogens (tertiary/aromatic N) is 1. The monoisotopic (exact) mass is 574 g/mol. The van der Waals surface area contributed by atoms with E-state index in [1.165, 1.54) is 17.6 Å². The number of carbonyl (C=O) groups excluding carboxylic acids is 2. The summed E-state index contributed by atoms with van der Waals surface area (Å²) in [4.78, 5) is 25.7. The summed E-state index contributed by atoms with van der Waals surface area (Å²) in [5, 5.41) is 5.89. The molecule has 6 nitrogen and oxygen atoms in total. The molecule has 1 N–H and O–H groups in total. The van der Waals surface area contributed by atoms with E-state index in [-0.39, 0.29) is 6.61 Å². The van der Waals surface area contributed by atoms with Crippen LogP contribution in [0.25, 0.3) is 10.1 Å². The molecule has 9 heteroatoms. The van der Waals surface area contributed by atoms with Crippen molar-refractivity contribution in [2.24, 2.45) is 5.10 Å². The Morgan fingerprint density at radius 2 is 1.59 bits per heavy atom. The Bertz CT molecular complexity index is 1670. The first-order chi connectivity index (χ1) is 19.0. The van der Waals surface area contributed by atoms with Crippen molar-refractivity contribution < 1.29 is 19.1 Å². The lowest BCUT2D eigenvalue weighted by atomic mass is 10.2. The Morgan fingerprint density at radius 1 is 0.872 bits per heavy atom. The predicted molar refractivity (Wildman–Crippen MR) is 156 cm³/mol. The maximum Gasteiger partial charge on any atom is 0.355 e. The molecule has 0 bridgehead atoms. The Balaban J connectivity index is 1.18. The van der Waals surface area contributed by atoms with E-state index in [0.29, 0.717) is 37.5 Å². The smallest absolute Gasteiger partial charge is 0.355 e. The van der Waals surface area contributed by atoms with Crippen LogP contribution in [-0.2, 0) is 6.61 Å². The van der Waals surface area contributed by atoms with E-state index in [1.807, 2.05) is 36.4 Å². The number of ether oxygens (including phenoxy) is 2. The lowest BCUT2D eigenvalue weighted by Gasteiger charge is -2.10. The van der Waals surface area contributed by atoms with Crippen molar-refractivity contribution in [1.82, 2.24) is 5.43 Å². The van der Waals surface area contributed by atoms with Crippen LogP contribution in [0.5, 0.6) is 11.5 Å². The number of benzene rings is 4. The summed E-state index contributed by atoms with van der Waals surface area (Å²) in [6, 6.07) is 28.5. The van der Waals surface area contributed by atoms with Crippen molar-refractivity contribution in [2.75, 3.05) is 0 Å². The van der Waals surface area contributed by atoms with Crippen molar-refractivity contribution in [3.8, 4) is 11.5 Å². The highest BCUT2D eigenvalue weighted by atomic mass is 35.5. The van der Waals surface area contributed by atoms with Gasteiger partial charge in [0.25, 0.3) is 5.91 Å². The number of hydrazone groups is 1. The quantitative estimate of drug-likeness (QED) is 0.0888. The first kappa shape index (κ1) is 26.4. The molecule has 1 aromatic heterocycles. The zero-order valence-corrected chi connectivity index (χ0v) is 22.6. The summed E-state index contributed by atoms with van der Waals surface area (Å²) in [6.45, 7) is 0.288. The predicted octanol–water partition coefficient (Wildman–Crippen LogP) is 7.77. The molecule has 0 saturated heterocycles. The van der Waals surface area contributed by atoms with Crippen molar-refractivity contribution >= 4 is 62.7 Å². The summed E-state index contributed by atoms with van der Waals surface area (Å²) < 4.78 is 12.3. The SMILES string of the molecule is O=C(NN=Cc1ccc(OC(=O)c2sc3ccccc3c2Cl)cc1)c1ccccc1OCc1ccc(Cl)cc1. The Kier molecular flexibility index (Phi) is 8.22. The van der Waals surface area contributed by atoms with Crippen LogP contribution in [0.4, 0.5) is 0 Å². The molecule has 0 fully saturated rings. The topological polar surface area (TPSA) is 77.0 Å². The molecule has 0 aliphatic carbocycles. The van der Waals surface area contributed by atoms with Gasteiger partial charge in [-0.15, -0.1) is 11.3 Å². The number of nitrogens with one attached hydrogen (secondary N) is 1. The fourth-order valence-corrected chi connectivity index (χ4v) is 5.18. The van der Waals surface area contributed by atoms with Crippen LogP contribution >= 0.6 is 34.5 Å². The largest absolute Gasteiger partial charge is 0.488 e. The van der Waals surface area contributed by atoms with E-state index in [0.717, 1.165) is 15.6 Å². The van der Waals surface area contributed by atoms with Gasteiger partial charge in [-0.25, -0.2) is 10.2 Å². The van der Waals surface area contributed by atoms with Crippen LogP contribution in [0.1, 0.15) is 31.2 Å². The number of halogens is 2. The Labute approximate surface area is 238 Å². The maximum atomic E-state index is 12.7. The number of para-hydroxylation sites is 1. The summed E-state index contributed by atoms with van der Waals surface area (Å²) in [7, 11) is 0. The molecular formula is C30H20Cl2N2O4S. The Morgan fingerprint density at radius 3 is 2.36 bits per heavy atom. The molecule has 0 saturated carbocycles. The van der Waals surface area contributed by atoms with Gasteiger partial charge >= 0.3 is 5.97 Å². The number of rotatable bonds is 8. The van der Waals surface area contributed by atoms with E-state index in [2.05, 4.69) is 10.5 Å². The minimum Gasteiger partial charge on any atom is -0.488 e. The number of hydrogen-bond acceptors (Lipinski definition) is 6. The van der Waals surface area contributed by atoms with Gasteiger partial charge in [-0.05, 0) is 65.7 Å². The molecule has 0 spiro atoms. The molecule has 1 amide bonds. The van der Waals surface area contributed by atoms with Crippen LogP contribution in [0.3, 0.4) is 0 Å². The third-order valence-corrected chi connectivity index (χ3v) is 7.54. The molecule has 0 radical (unpaired) electrons. The fourth-order valence-electron chi connectivity index (χ4n) is 3.67. The molecule has 0 aliphatic heterocycles. The van der Waals surface area contributed by atoms with Crippen molar-refractivity contribution in [1.29, 1.82) is 0 Å². The van der Waals surface area contributed by atoms with Crippen LogP contribution in [0, 0.1) is 0 Å². The van der Waals surface area contributed by atoms with Crippen LogP contribution in [0.2, 0.25) is 10.0 Å². The number of carbonyl (C=O) groups is 2. The molecule has 4 aromatic carbocycles. The van der Waals surface area contributed by atoms with Gasteiger partial charge in [-0.2, -0.15) is 5.10 Å². The molecule has 0 aliphatic rings. The van der Waals surface area contributed by atoms with Crippen molar-refractivity contribution in [3.05, 3.63) is 129 Å². The van der Waals surface area contributed by atoms with Gasteiger partial charge in [0.15, 0.2) is 0 Å². The number of esters is 1. The van der Waals surface area contributed by atoms with E-state index >= 15 is 0 Å². The highest BCUT2D eigenvalue weighted by Crippen LogP contribution is 2.35.